The quantitative estimate of drug-likeness (QED) is 0.878. The molecule has 1 N–H and O–H groups in total. The molecule has 1 heterocycles. The Hall–Kier alpha value is -2.30. The van der Waals surface area contributed by atoms with Gasteiger partial charge in [0.2, 0.25) is 0 Å². The van der Waals surface area contributed by atoms with E-state index < -0.39 is 0 Å². The Morgan fingerprint density at radius 1 is 1.29 bits per heavy atom. The molecule has 0 atom stereocenters. The van der Waals surface area contributed by atoms with Gasteiger partial charge in [-0.2, -0.15) is 5.10 Å². The number of carbonyl (C=O) groups excluding carboxylic acids is 1. The lowest BCUT2D eigenvalue weighted by molar-refractivity contribution is 0.0601. The lowest BCUT2D eigenvalue weighted by Crippen LogP contribution is -2.21. The van der Waals surface area contributed by atoms with Crippen molar-refractivity contribution in [3.63, 3.8) is 0 Å². The molecule has 0 aliphatic rings. The molecule has 112 valence electrons. The van der Waals surface area contributed by atoms with Crippen molar-refractivity contribution in [1.29, 1.82) is 0 Å². The number of hydrogen-bond donors (Lipinski definition) is 1. The van der Waals surface area contributed by atoms with Crippen LogP contribution in [0.4, 0.5) is 5.69 Å². The zero-order chi connectivity index (χ0) is 15.5. The second-order valence-corrected chi connectivity index (χ2v) is 5.89. The number of anilines is 1. The van der Waals surface area contributed by atoms with Crippen LogP contribution in [0.25, 0.3) is 0 Å². The Balaban J connectivity index is 1.97. The van der Waals surface area contributed by atoms with Crippen molar-refractivity contribution >= 4 is 11.7 Å². The molecule has 0 aliphatic carbocycles. The molecule has 0 unspecified atom stereocenters. The number of methoxy groups -OCH3 is 1. The third kappa shape index (κ3) is 3.84. The van der Waals surface area contributed by atoms with Gasteiger partial charge in [0.05, 0.1) is 24.4 Å². The van der Waals surface area contributed by atoms with E-state index in [1.807, 2.05) is 29.2 Å². The fourth-order valence-corrected chi connectivity index (χ4v) is 1.86. The van der Waals surface area contributed by atoms with Gasteiger partial charge in [-0.05, 0) is 45.0 Å². The summed E-state index contributed by atoms with van der Waals surface area (Å²) in [6.45, 7) is 7.03. The summed E-state index contributed by atoms with van der Waals surface area (Å²) in [7, 11) is 1.38. The van der Waals surface area contributed by atoms with Gasteiger partial charge < -0.3 is 10.1 Å². The maximum atomic E-state index is 11.3. The average molecular weight is 287 g/mol. The number of esters is 1. The maximum absolute atomic E-state index is 11.3. The highest BCUT2D eigenvalue weighted by molar-refractivity contribution is 5.89. The first kappa shape index (κ1) is 15.1. The summed E-state index contributed by atoms with van der Waals surface area (Å²) in [6, 6.07) is 7.21. The van der Waals surface area contributed by atoms with Crippen molar-refractivity contribution in [3.8, 4) is 0 Å². The van der Waals surface area contributed by atoms with Gasteiger partial charge in [0.25, 0.3) is 0 Å². The molecule has 0 spiro atoms. The Morgan fingerprint density at radius 2 is 1.95 bits per heavy atom. The summed E-state index contributed by atoms with van der Waals surface area (Å²) in [5.41, 5.74) is 2.59. The topological polar surface area (TPSA) is 56.1 Å². The summed E-state index contributed by atoms with van der Waals surface area (Å²) < 4.78 is 6.62. The first-order chi connectivity index (χ1) is 9.90. The number of carbonyl (C=O) groups is 1. The lowest BCUT2D eigenvalue weighted by Gasteiger charge is -2.18. The predicted molar refractivity (Wildman–Crippen MR) is 82.3 cm³/mol. The SMILES string of the molecule is COC(=O)c1ccc(NCc2cnn(C(C)(C)C)c2)cc1. The van der Waals surface area contributed by atoms with Gasteiger partial charge in [-0.15, -0.1) is 0 Å². The molecule has 0 saturated heterocycles. The Morgan fingerprint density at radius 3 is 2.48 bits per heavy atom. The number of nitrogens with one attached hydrogen (secondary N) is 1. The van der Waals surface area contributed by atoms with Crippen LogP contribution in [0.1, 0.15) is 36.7 Å². The summed E-state index contributed by atoms with van der Waals surface area (Å²) in [6.07, 6.45) is 3.90. The van der Waals surface area contributed by atoms with Crippen molar-refractivity contribution in [2.24, 2.45) is 0 Å². The Bertz CT molecular complexity index is 609. The largest absolute Gasteiger partial charge is 0.465 e. The third-order valence-corrected chi connectivity index (χ3v) is 3.13. The van der Waals surface area contributed by atoms with Gasteiger partial charge >= 0.3 is 5.97 Å². The van der Waals surface area contributed by atoms with Crippen molar-refractivity contribution in [3.05, 3.63) is 47.8 Å². The second-order valence-electron chi connectivity index (χ2n) is 5.89. The van der Waals surface area contributed by atoms with Crippen LogP contribution in [-0.2, 0) is 16.8 Å². The molecule has 0 bridgehead atoms. The van der Waals surface area contributed by atoms with Crippen LogP contribution < -0.4 is 5.32 Å². The van der Waals surface area contributed by atoms with Gasteiger partial charge in [-0.3, -0.25) is 4.68 Å². The summed E-state index contributed by atoms with van der Waals surface area (Å²) in [5.74, 6) is -0.326. The Labute approximate surface area is 124 Å². The first-order valence-corrected chi connectivity index (χ1v) is 6.86. The smallest absolute Gasteiger partial charge is 0.337 e. The van der Waals surface area contributed by atoms with E-state index in [4.69, 9.17) is 0 Å². The van der Waals surface area contributed by atoms with Crippen LogP contribution in [0.15, 0.2) is 36.7 Å². The van der Waals surface area contributed by atoms with Crippen LogP contribution in [0.3, 0.4) is 0 Å². The zero-order valence-electron chi connectivity index (χ0n) is 12.9. The summed E-state index contributed by atoms with van der Waals surface area (Å²) in [4.78, 5) is 11.3. The Kier molecular flexibility index (Phi) is 4.31. The molecule has 0 amide bonds. The van der Waals surface area contributed by atoms with E-state index in [0.717, 1.165) is 11.3 Å². The molecular formula is C16H21N3O2. The molecule has 2 aromatic rings. The van der Waals surface area contributed by atoms with Crippen LogP contribution in [-0.4, -0.2) is 22.9 Å². The number of rotatable bonds is 4. The first-order valence-electron chi connectivity index (χ1n) is 6.86. The number of nitrogens with zero attached hydrogens (tertiary/aromatic N) is 2. The van der Waals surface area contributed by atoms with E-state index >= 15 is 0 Å². The van der Waals surface area contributed by atoms with E-state index in [1.54, 1.807) is 12.1 Å². The maximum Gasteiger partial charge on any atom is 0.337 e. The van der Waals surface area contributed by atoms with Gasteiger partial charge in [0.15, 0.2) is 0 Å². The molecule has 0 radical (unpaired) electrons. The zero-order valence-corrected chi connectivity index (χ0v) is 12.9. The second kappa shape index (κ2) is 5.99. The molecule has 0 fully saturated rings. The molecule has 2 rings (SSSR count). The highest BCUT2D eigenvalue weighted by Crippen LogP contribution is 2.15. The van der Waals surface area contributed by atoms with Crippen LogP contribution in [0.2, 0.25) is 0 Å². The number of ether oxygens (including phenoxy) is 1. The van der Waals surface area contributed by atoms with Gasteiger partial charge in [0, 0.05) is 24.0 Å². The monoisotopic (exact) mass is 287 g/mol. The van der Waals surface area contributed by atoms with Crippen molar-refractivity contribution in [1.82, 2.24) is 9.78 Å². The van der Waals surface area contributed by atoms with E-state index in [0.29, 0.717) is 12.1 Å². The molecule has 1 aromatic carbocycles. The van der Waals surface area contributed by atoms with Crippen LogP contribution >= 0.6 is 0 Å². The van der Waals surface area contributed by atoms with Gasteiger partial charge in [-0.25, -0.2) is 4.79 Å². The molecule has 5 heteroatoms. The van der Waals surface area contributed by atoms with Crippen LogP contribution in [0.5, 0.6) is 0 Å². The average Bonchev–Trinajstić information content (AvgIpc) is 2.94. The van der Waals surface area contributed by atoms with Crippen molar-refractivity contribution in [2.45, 2.75) is 32.9 Å². The standard InChI is InChI=1S/C16H21N3O2/c1-16(2,3)19-11-12(10-18-19)9-17-14-7-5-13(6-8-14)15(20)21-4/h5-8,10-11,17H,9H2,1-4H3. The molecule has 1 aromatic heterocycles. The van der Waals surface area contributed by atoms with Crippen LogP contribution in [0, 0.1) is 0 Å². The fourth-order valence-electron chi connectivity index (χ4n) is 1.86. The minimum absolute atomic E-state index is 0.0135. The van der Waals surface area contributed by atoms with Crippen molar-refractivity contribution < 1.29 is 9.53 Å². The molecule has 0 saturated carbocycles. The minimum Gasteiger partial charge on any atom is -0.465 e. The normalized spacial score (nSPS) is 11.2. The van der Waals surface area contributed by atoms with Crippen molar-refractivity contribution in [2.75, 3.05) is 12.4 Å². The lowest BCUT2D eigenvalue weighted by atomic mass is 10.1. The van der Waals surface area contributed by atoms with Gasteiger partial charge in [0.1, 0.15) is 0 Å². The fraction of sp³-hybridized carbons (Fsp3) is 0.375. The molecular weight excluding hydrogens is 266 g/mol. The number of hydrogen-bond acceptors (Lipinski definition) is 4. The highest BCUT2D eigenvalue weighted by Gasteiger charge is 2.13. The third-order valence-electron chi connectivity index (χ3n) is 3.13. The summed E-state index contributed by atoms with van der Waals surface area (Å²) >= 11 is 0. The predicted octanol–water partition coefficient (Wildman–Crippen LogP) is 3.04. The van der Waals surface area contributed by atoms with E-state index in [9.17, 15) is 4.79 Å². The van der Waals surface area contributed by atoms with E-state index in [-0.39, 0.29) is 11.5 Å². The van der Waals surface area contributed by atoms with E-state index in [2.05, 4.69) is 35.9 Å². The minimum atomic E-state index is -0.326. The number of benzene rings is 1. The van der Waals surface area contributed by atoms with E-state index in [1.165, 1.54) is 7.11 Å². The van der Waals surface area contributed by atoms with Gasteiger partial charge in [-0.1, -0.05) is 0 Å². The highest BCUT2D eigenvalue weighted by atomic mass is 16.5. The number of aromatic nitrogens is 2. The summed E-state index contributed by atoms with van der Waals surface area (Å²) in [5, 5.41) is 7.67. The molecule has 0 aliphatic heterocycles. The molecule has 21 heavy (non-hydrogen) atoms. The molecule has 5 nitrogen and oxygen atoms in total.